The third-order valence-electron chi connectivity index (χ3n) is 3.50. The van der Waals surface area contributed by atoms with Crippen LogP contribution in [0.4, 0.5) is 0 Å². The molecule has 0 spiro atoms. The average molecular weight is 237 g/mol. The van der Waals surface area contributed by atoms with Crippen LogP contribution in [0.5, 0.6) is 11.5 Å². The van der Waals surface area contributed by atoms with Crippen LogP contribution in [0.1, 0.15) is 24.9 Å². The molecule has 2 atom stereocenters. The molecule has 94 valence electrons. The molecule has 17 heavy (non-hydrogen) atoms. The lowest BCUT2D eigenvalue weighted by Gasteiger charge is -2.30. The zero-order valence-electron chi connectivity index (χ0n) is 10.3. The van der Waals surface area contributed by atoms with Gasteiger partial charge in [-0.2, -0.15) is 0 Å². The zero-order valence-corrected chi connectivity index (χ0v) is 10.3. The van der Waals surface area contributed by atoms with Crippen LogP contribution in [0, 0.1) is 0 Å². The normalized spacial score (nSPS) is 21.9. The number of hydrogen-bond donors (Lipinski definition) is 2. The number of hydrogen-bond acceptors (Lipinski definition) is 4. The number of aromatic hydroxyl groups is 2. The summed E-state index contributed by atoms with van der Waals surface area (Å²) in [7, 11) is 2.05. The molecule has 4 nitrogen and oxygen atoms in total. The molecule has 1 fully saturated rings. The van der Waals surface area contributed by atoms with Gasteiger partial charge in [-0.1, -0.05) is 0 Å². The lowest BCUT2D eigenvalue weighted by molar-refractivity contribution is 0.138. The molecule has 1 aliphatic rings. The van der Waals surface area contributed by atoms with Crippen LogP contribution in [-0.2, 0) is 4.74 Å². The van der Waals surface area contributed by atoms with Gasteiger partial charge in [-0.15, -0.1) is 0 Å². The van der Waals surface area contributed by atoms with Crippen LogP contribution in [0.25, 0.3) is 0 Å². The van der Waals surface area contributed by atoms with E-state index in [2.05, 4.69) is 11.8 Å². The standard InChI is InChI=1S/C13H19NO3/c1-9(14(2)11-3-4-17-8-11)10-5-12(15)7-13(16)6-10/h5-7,9,11,15-16H,3-4,8H2,1-2H3. The van der Waals surface area contributed by atoms with E-state index in [0.29, 0.717) is 6.04 Å². The molecule has 0 bridgehead atoms. The molecule has 1 heterocycles. The predicted molar refractivity (Wildman–Crippen MR) is 65.2 cm³/mol. The number of nitrogens with zero attached hydrogens (tertiary/aromatic N) is 1. The van der Waals surface area contributed by atoms with Crippen LogP contribution in [0.15, 0.2) is 18.2 Å². The maximum atomic E-state index is 9.49. The predicted octanol–water partition coefficient (Wildman–Crippen LogP) is 1.88. The van der Waals surface area contributed by atoms with Gasteiger partial charge in [0.1, 0.15) is 11.5 Å². The summed E-state index contributed by atoms with van der Waals surface area (Å²) >= 11 is 0. The summed E-state index contributed by atoms with van der Waals surface area (Å²) in [5.74, 6) is 0.200. The van der Waals surface area contributed by atoms with Crippen LogP contribution in [0.3, 0.4) is 0 Å². The van der Waals surface area contributed by atoms with E-state index in [1.54, 1.807) is 12.1 Å². The lowest BCUT2D eigenvalue weighted by Crippen LogP contribution is -2.34. The smallest absolute Gasteiger partial charge is 0.119 e. The Hall–Kier alpha value is -1.26. The van der Waals surface area contributed by atoms with E-state index in [-0.39, 0.29) is 17.5 Å². The Morgan fingerprint density at radius 1 is 1.29 bits per heavy atom. The molecule has 0 radical (unpaired) electrons. The van der Waals surface area contributed by atoms with Crippen molar-refractivity contribution in [1.82, 2.24) is 4.90 Å². The van der Waals surface area contributed by atoms with Gasteiger partial charge in [0.15, 0.2) is 0 Å². The summed E-state index contributed by atoms with van der Waals surface area (Å²) in [5, 5.41) is 19.0. The number of ether oxygens (including phenoxy) is 1. The minimum absolute atomic E-state index is 0.0999. The molecule has 1 saturated heterocycles. The van der Waals surface area contributed by atoms with E-state index in [1.165, 1.54) is 6.07 Å². The van der Waals surface area contributed by atoms with Gasteiger partial charge in [0.25, 0.3) is 0 Å². The number of phenolic OH excluding ortho intramolecular Hbond substituents is 2. The van der Waals surface area contributed by atoms with E-state index in [9.17, 15) is 10.2 Å². The molecular formula is C13H19NO3. The summed E-state index contributed by atoms with van der Waals surface area (Å²) in [4.78, 5) is 2.22. The van der Waals surface area contributed by atoms with E-state index in [4.69, 9.17) is 4.74 Å². The van der Waals surface area contributed by atoms with E-state index in [0.717, 1.165) is 25.2 Å². The average Bonchev–Trinajstić information content (AvgIpc) is 2.79. The Kier molecular flexibility index (Phi) is 3.54. The minimum atomic E-state index is 0.0999. The fourth-order valence-electron chi connectivity index (χ4n) is 2.25. The molecule has 1 aromatic carbocycles. The van der Waals surface area contributed by atoms with E-state index >= 15 is 0 Å². The summed E-state index contributed by atoms with van der Waals surface area (Å²) in [6.07, 6.45) is 1.03. The molecule has 4 heteroatoms. The first kappa shape index (κ1) is 12.2. The minimum Gasteiger partial charge on any atom is -0.508 e. The monoisotopic (exact) mass is 237 g/mol. The molecule has 0 aromatic heterocycles. The molecule has 0 aliphatic carbocycles. The summed E-state index contributed by atoms with van der Waals surface area (Å²) < 4.78 is 5.37. The molecule has 2 N–H and O–H groups in total. The second-order valence-corrected chi connectivity index (χ2v) is 4.64. The third kappa shape index (κ3) is 2.70. The van der Waals surface area contributed by atoms with Crippen molar-refractivity contribution in [2.24, 2.45) is 0 Å². The quantitative estimate of drug-likeness (QED) is 0.842. The largest absolute Gasteiger partial charge is 0.508 e. The SMILES string of the molecule is CC(c1cc(O)cc(O)c1)N(C)C1CCOC1. The molecule has 0 amide bonds. The van der Waals surface area contributed by atoms with Crippen molar-refractivity contribution >= 4 is 0 Å². The molecule has 2 rings (SSSR count). The summed E-state index contributed by atoms with van der Waals surface area (Å²) in [6.45, 7) is 3.63. The molecular weight excluding hydrogens is 218 g/mol. The highest BCUT2D eigenvalue weighted by Gasteiger charge is 2.25. The number of phenols is 2. The lowest BCUT2D eigenvalue weighted by atomic mass is 10.0. The van der Waals surface area contributed by atoms with Gasteiger partial charge in [0, 0.05) is 24.8 Å². The summed E-state index contributed by atoms with van der Waals surface area (Å²) in [6, 6.07) is 5.27. The van der Waals surface area contributed by atoms with Crippen molar-refractivity contribution in [2.75, 3.05) is 20.3 Å². The Morgan fingerprint density at radius 3 is 2.47 bits per heavy atom. The maximum absolute atomic E-state index is 9.49. The van der Waals surface area contributed by atoms with Crippen molar-refractivity contribution in [3.63, 3.8) is 0 Å². The highest BCUT2D eigenvalue weighted by atomic mass is 16.5. The highest BCUT2D eigenvalue weighted by Crippen LogP contribution is 2.29. The second kappa shape index (κ2) is 4.94. The molecule has 2 unspecified atom stereocenters. The number of rotatable bonds is 3. The fourth-order valence-corrected chi connectivity index (χ4v) is 2.25. The molecule has 0 saturated carbocycles. The Balaban J connectivity index is 2.14. The first-order valence-corrected chi connectivity index (χ1v) is 5.90. The Bertz CT molecular complexity index is 368. The van der Waals surface area contributed by atoms with Crippen molar-refractivity contribution in [2.45, 2.75) is 25.4 Å². The van der Waals surface area contributed by atoms with Crippen molar-refractivity contribution < 1.29 is 14.9 Å². The third-order valence-corrected chi connectivity index (χ3v) is 3.50. The first-order valence-electron chi connectivity index (χ1n) is 5.90. The van der Waals surface area contributed by atoms with Crippen LogP contribution in [-0.4, -0.2) is 41.4 Å². The van der Waals surface area contributed by atoms with Crippen molar-refractivity contribution in [3.05, 3.63) is 23.8 Å². The van der Waals surface area contributed by atoms with Gasteiger partial charge in [-0.3, -0.25) is 4.90 Å². The number of likely N-dealkylation sites (N-methyl/N-ethyl adjacent to an activating group) is 1. The fraction of sp³-hybridized carbons (Fsp3) is 0.538. The Morgan fingerprint density at radius 2 is 1.94 bits per heavy atom. The topological polar surface area (TPSA) is 52.9 Å². The Labute approximate surface area is 101 Å². The van der Waals surface area contributed by atoms with E-state index in [1.807, 2.05) is 7.05 Å². The van der Waals surface area contributed by atoms with E-state index < -0.39 is 0 Å². The van der Waals surface area contributed by atoms with Gasteiger partial charge in [0.2, 0.25) is 0 Å². The zero-order chi connectivity index (χ0) is 12.4. The number of benzene rings is 1. The van der Waals surface area contributed by atoms with Gasteiger partial charge in [-0.25, -0.2) is 0 Å². The van der Waals surface area contributed by atoms with Crippen molar-refractivity contribution in [1.29, 1.82) is 0 Å². The molecule has 1 aliphatic heterocycles. The van der Waals surface area contributed by atoms with Crippen LogP contribution in [0.2, 0.25) is 0 Å². The summed E-state index contributed by atoms with van der Waals surface area (Å²) in [5.41, 5.74) is 0.914. The van der Waals surface area contributed by atoms with Gasteiger partial charge < -0.3 is 14.9 Å². The van der Waals surface area contributed by atoms with Crippen LogP contribution >= 0.6 is 0 Å². The second-order valence-electron chi connectivity index (χ2n) is 4.64. The highest BCUT2D eigenvalue weighted by molar-refractivity contribution is 5.38. The van der Waals surface area contributed by atoms with Gasteiger partial charge in [0.05, 0.1) is 6.61 Å². The maximum Gasteiger partial charge on any atom is 0.119 e. The van der Waals surface area contributed by atoms with Gasteiger partial charge >= 0.3 is 0 Å². The van der Waals surface area contributed by atoms with Gasteiger partial charge in [-0.05, 0) is 38.1 Å². The molecule has 1 aromatic rings. The van der Waals surface area contributed by atoms with Crippen LogP contribution < -0.4 is 0 Å². The van der Waals surface area contributed by atoms with Crippen molar-refractivity contribution in [3.8, 4) is 11.5 Å². The first-order chi connectivity index (χ1) is 8.08.